The van der Waals surface area contributed by atoms with E-state index in [-0.39, 0.29) is 18.4 Å². The summed E-state index contributed by atoms with van der Waals surface area (Å²) in [4.78, 5) is 16.9. The highest BCUT2D eigenvalue weighted by molar-refractivity contribution is 14.1. The number of amides is 1. The lowest BCUT2D eigenvalue weighted by Crippen LogP contribution is -2.50. The number of alkyl halides is 1. The Labute approximate surface area is 159 Å². The molecule has 2 N–H and O–H groups in total. The van der Waals surface area contributed by atoms with Crippen LogP contribution in [0.15, 0.2) is 6.07 Å². The van der Waals surface area contributed by atoms with Crippen LogP contribution in [-0.2, 0) is 11.3 Å². The molecule has 3 atom stereocenters. The van der Waals surface area contributed by atoms with Crippen LogP contribution in [0.5, 0.6) is 0 Å². The largest absolute Gasteiger partial charge is 0.351 e. The van der Waals surface area contributed by atoms with Crippen molar-refractivity contribution in [1.82, 2.24) is 20.7 Å². The van der Waals surface area contributed by atoms with Gasteiger partial charge in [-0.2, -0.15) is 0 Å². The predicted molar refractivity (Wildman–Crippen MR) is 99.4 cm³/mol. The zero-order chi connectivity index (χ0) is 17.4. The van der Waals surface area contributed by atoms with Crippen molar-refractivity contribution in [2.75, 3.05) is 7.05 Å². The predicted octanol–water partition coefficient (Wildman–Crippen LogP) is 2.77. The summed E-state index contributed by atoms with van der Waals surface area (Å²) in [5.41, 5.74) is 4.92. The van der Waals surface area contributed by atoms with E-state index < -0.39 is 12.2 Å². The van der Waals surface area contributed by atoms with E-state index in [9.17, 15) is 9.18 Å². The smallest absolute Gasteiger partial charge is 0.239 e. The van der Waals surface area contributed by atoms with Crippen LogP contribution in [0.2, 0.25) is 5.15 Å². The van der Waals surface area contributed by atoms with Crippen molar-refractivity contribution >= 4 is 40.1 Å². The molecule has 0 radical (unpaired) electrons. The van der Waals surface area contributed by atoms with E-state index in [0.29, 0.717) is 17.6 Å². The summed E-state index contributed by atoms with van der Waals surface area (Å²) >= 11 is 8.40. The third-order valence-electron chi connectivity index (χ3n) is 4.75. The summed E-state index contributed by atoms with van der Waals surface area (Å²) in [6, 6.07) is 0.973. The van der Waals surface area contributed by atoms with Crippen molar-refractivity contribution in [3.05, 3.63) is 26.0 Å². The number of nitrogens with zero attached hydrogens (tertiary/aromatic N) is 2. The topological polar surface area (TPSA) is 57.3 Å². The van der Waals surface area contributed by atoms with Gasteiger partial charge in [-0.25, -0.2) is 14.4 Å². The van der Waals surface area contributed by atoms with Gasteiger partial charge in [0.15, 0.2) is 0 Å². The van der Waals surface area contributed by atoms with Crippen LogP contribution >= 0.6 is 34.2 Å². The minimum absolute atomic E-state index is 0.173. The Balaban J connectivity index is 1.68. The van der Waals surface area contributed by atoms with Gasteiger partial charge >= 0.3 is 0 Å². The second-order valence-corrected chi connectivity index (χ2v) is 7.90. The molecule has 0 spiro atoms. The molecule has 2 fully saturated rings. The average molecular weight is 467 g/mol. The second kappa shape index (κ2) is 7.39. The monoisotopic (exact) mass is 466 g/mol. The van der Waals surface area contributed by atoms with Crippen LogP contribution in [0.25, 0.3) is 0 Å². The fourth-order valence-electron chi connectivity index (χ4n) is 3.20. The molecule has 2 heterocycles. The number of halogens is 3. The Morgan fingerprint density at radius 2 is 2.25 bits per heavy atom. The molecular formula is C16H21ClFIN4O. The quantitative estimate of drug-likeness (QED) is 0.518. The number of hydrogen-bond donors (Lipinski definition) is 2. The SMILES string of the molecule is CNN1[C@H](C(=O)NCc2cc(Cl)nc(C3CC3)c2I)C[C@@H](F)[C@@H]1C. The van der Waals surface area contributed by atoms with Crippen molar-refractivity contribution < 1.29 is 9.18 Å². The molecule has 24 heavy (non-hydrogen) atoms. The highest BCUT2D eigenvalue weighted by atomic mass is 127. The molecule has 1 aliphatic heterocycles. The standard InChI is InChI=1S/C16H21ClFIN4O/c1-8-11(18)6-12(23(8)20-2)16(24)21-7-10-5-13(17)22-15(14(10)19)9-3-4-9/h5,8-9,11-12,20H,3-4,6-7H2,1-2H3,(H,21,24)/t8-,11+,12-/m0/s1. The van der Waals surface area contributed by atoms with Gasteiger partial charge in [-0.15, -0.1) is 0 Å². The molecule has 5 nitrogen and oxygen atoms in total. The number of pyridine rings is 1. The number of carbonyl (C=O) groups is 1. The van der Waals surface area contributed by atoms with Crippen molar-refractivity contribution in [2.45, 2.75) is 56.9 Å². The molecule has 1 saturated carbocycles. The normalized spacial score (nSPS) is 27.5. The third-order valence-corrected chi connectivity index (χ3v) is 6.19. The van der Waals surface area contributed by atoms with Crippen molar-refractivity contribution in [3.8, 4) is 0 Å². The summed E-state index contributed by atoms with van der Waals surface area (Å²) in [6.07, 6.45) is 1.48. The van der Waals surface area contributed by atoms with E-state index >= 15 is 0 Å². The fourth-order valence-corrected chi connectivity index (χ4v) is 4.33. The van der Waals surface area contributed by atoms with Crippen LogP contribution in [0.3, 0.4) is 0 Å². The highest BCUT2D eigenvalue weighted by Crippen LogP contribution is 2.42. The number of hydrogen-bond acceptors (Lipinski definition) is 4. The van der Waals surface area contributed by atoms with Gasteiger partial charge in [-0.1, -0.05) is 11.6 Å². The highest BCUT2D eigenvalue weighted by Gasteiger charge is 2.42. The van der Waals surface area contributed by atoms with Gasteiger partial charge in [0.2, 0.25) is 5.91 Å². The third kappa shape index (κ3) is 3.68. The molecule has 1 amide bonds. The van der Waals surface area contributed by atoms with Gasteiger partial charge in [-0.3, -0.25) is 10.2 Å². The maximum atomic E-state index is 13.9. The molecule has 1 aromatic rings. The van der Waals surface area contributed by atoms with Gasteiger partial charge < -0.3 is 5.32 Å². The first kappa shape index (κ1) is 18.3. The first-order chi connectivity index (χ1) is 11.4. The minimum atomic E-state index is -1.01. The van der Waals surface area contributed by atoms with Gasteiger partial charge in [0.25, 0.3) is 0 Å². The molecule has 1 saturated heterocycles. The number of nitrogens with one attached hydrogen (secondary N) is 2. The van der Waals surface area contributed by atoms with Crippen LogP contribution in [0.1, 0.15) is 43.4 Å². The number of rotatable bonds is 5. The summed E-state index contributed by atoms with van der Waals surface area (Å²) in [5, 5.41) is 5.06. The maximum absolute atomic E-state index is 13.9. The molecule has 1 aliphatic carbocycles. The van der Waals surface area contributed by atoms with Gasteiger partial charge in [0, 0.05) is 22.5 Å². The molecule has 2 aliphatic rings. The maximum Gasteiger partial charge on any atom is 0.239 e. The molecular weight excluding hydrogens is 446 g/mol. The number of hydrazine groups is 1. The molecule has 0 aromatic carbocycles. The molecule has 0 unspecified atom stereocenters. The Hall–Kier alpha value is -0.510. The molecule has 1 aromatic heterocycles. The van der Waals surface area contributed by atoms with E-state index in [1.165, 1.54) is 0 Å². The second-order valence-electron chi connectivity index (χ2n) is 6.43. The minimum Gasteiger partial charge on any atom is -0.351 e. The van der Waals surface area contributed by atoms with E-state index in [2.05, 4.69) is 38.3 Å². The Morgan fingerprint density at radius 1 is 1.54 bits per heavy atom. The Kier molecular flexibility index (Phi) is 5.63. The van der Waals surface area contributed by atoms with E-state index in [1.807, 2.05) is 0 Å². The summed E-state index contributed by atoms with van der Waals surface area (Å²) in [6.45, 7) is 2.15. The fraction of sp³-hybridized carbons (Fsp3) is 0.625. The number of aromatic nitrogens is 1. The first-order valence-electron chi connectivity index (χ1n) is 8.14. The molecule has 8 heteroatoms. The summed E-state index contributed by atoms with van der Waals surface area (Å²) in [7, 11) is 1.71. The molecule has 3 rings (SSSR count). The van der Waals surface area contributed by atoms with Gasteiger partial charge in [0.1, 0.15) is 17.4 Å². The van der Waals surface area contributed by atoms with E-state index in [1.54, 1.807) is 25.0 Å². The summed E-state index contributed by atoms with van der Waals surface area (Å²) in [5.74, 6) is 0.320. The molecule has 0 bridgehead atoms. The molecule has 132 valence electrons. The van der Waals surface area contributed by atoms with E-state index in [4.69, 9.17) is 11.6 Å². The summed E-state index contributed by atoms with van der Waals surface area (Å²) < 4.78 is 15.0. The van der Waals surface area contributed by atoms with Crippen LogP contribution in [0, 0.1) is 3.57 Å². The zero-order valence-corrected chi connectivity index (χ0v) is 16.6. The van der Waals surface area contributed by atoms with Crippen LogP contribution < -0.4 is 10.7 Å². The van der Waals surface area contributed by atoms with Crippen molar-refractivity contribution in [3.63, 3.8) is 0 Å². The first-order valence-corrected chi connectivity index (χ1v) is 9.60. The van der Waals surface area contributed by atoms with Crippen molar-refractivity contribution in [2.24, 2.45) is 0 Å². The van der Waals surface area contributed by atoms with E-state index in [0.717, 1.165) is 27.7 Å². The Bertz CT molecular complexity index is 643. The number of carbonyl (C=O) groups excluding carboxylic acids is 1. The lowest BCUT2D eigenvalue weighted by Gasteiger charge is -2.26. The zero-order valence-electron chi connectivity index (χ0n) is 13.7. The van der Waals surface area contributed by atoms with Gasteiger partial charge in [-0.05, 0) is 61.0 Å². The lowest BCUT2D eigenvalue weighted by atomic mass is 10.1. The van der Waals surface area contributed by atoms with Gasteiger partial charge in [0.05, 0.1) is 11.7 Å². The van der Waals surface area contributed by atoms with Crippen molar-refractivity contribution in [1.29, 1.82) is 0 Å². The van der Waals surface area contributed by atoms with Crippen LogP contribution in [-0.4, -0.2) is 41.2 Å². The van der Waals surface area contributed by atoms with Crippen LogP contribution in [0.4, 0.5) is 4.39 Å². The average Bonchev–Trinajstić information content (AvgIpc) is 3.34. The lowest BCUT2D eigenvalue weighted by molar-refractivity contribution is -0.127. The Morgan fingerprint density at radius 3 is 2.88 bits per heavy atom.